The van der Waals surface area contributed by atoms with Gasteiger partial charge in [-0.15, -0.1) is 24.2 Å². The zero-order valence-corrected chi connectivity index (χ0v) is 16.5. The van der Waals surface area contributed by atoms with Crippen molar-refractivity contribution in [2.45, 2.75) is 42.4 Å². The van der Waals surface area contributed by atoms with Crippen LogP contribution in [0.4, 0.5) is 0 Å². The molecule has 0 bridgehead atoms. The van der Waals surface area contributed by atoms with Crippen LogP contribution in [0.5, 0.6) is 0 Å². The maximum absolute atomic E-state index is 12.8. The molecule has 1 saturated heterocycles. The summed E-state index contributed by atoms with van der Waals surface area (Å²) in [5.41, 5.74) is 0. The van der Waals surface area contributed by atoms with Gasteiger partial charge >= 0.3 is 0 Å². The van der Waals surface area contributed by atoms with E-state index >= 15 is 0 Å². The summed E-state index contributed by atoms with van der Waals surface area (Å²) in [7, 11) is 1.97. The van der Waals surface area contributed by atoms with Gasteiger partial charge in [-0.1, -0.05) is 15.9 Å². The lowest BCUT2D eigenvalue weighted by atomic mass is 10.0. The molecule has 0 spiro atoms. The standard InChI is InChI=1S/C16H23BrN2OS.ClH/c1-16(2,21-14-8-6-12(17)7-9-14)15(20)19-10-4-5-13(11-19)18-3;/h6-9,13,18H,4-5,10-11H2,1-3H3;1H. The molecule has 0 saturated carbocycles. The topological polar surface area (TPSA) is 32.3 Å². The lowest BCUT2D eigenvalue weighted by Gasteiger charge is -2.37. The van der Waals surface area contributed by atoms with Crippen LogP contribution in [-0.4, -0.2) is 41.7 Å². The highest BCUT2D eigenvalue weighted by Gasteiger charge is 2.35. The molecule has 1 aliphatic rings. The highest BCUT2D eigenvalue weighted by molar-refractivity contribution is 9.10. The second kappa shape index (κ2) is 8.57. The third kappa shape index (κ3) is 5.15. The Morgan fingerprint density at radius 1 is 1.36 bits per heavy atom. The second-order valence-corrected chi connectivity index (χ2v) is 8.56. The summed E-state index contributed by atoms with van der Waals surface area (Å²) in [5.74, 6) is 0.232. The second-order valence-electron chi connectivity index (χ2n) is 5.95. The summed E-state index contributed by atoms with van der Waals surface area (Å²) < 4.78 is 0.618. The van der Waals surface area contributed by atoms with Gasteiger partial charge in [0, 0.05) is 28.5 Å². The van der Waals surface area contributed by atoms with Crippen molar-refractivity contribution in [2.24, 2.45) is 0 Å². The van der Waals surface area contributed by atoms with Gasteiger partial charge in [0.2, 0.25) is 5.91 Å². The van der Waals surface area contributed by atoms with E-state index in [2.05, 4.69) is 33.4 Å². The monoisotopic (exact) mass is 406 g/mol. The predicted molar refractivity (Wildman–Crippen MR) is 100.0 cm³/mol. The van der Waals surface area contributed by atoms with Gasteiger partial charge in [0.15, 0.2) is 0 Å². The van der Waals surface area contributed by atoms with Gasteiger partial charge in [-0.25, -0.2) is 0 Å². The lowest BCUT2D eigenvalue weighted by Crippen LogP contribution is -2.51. The van der Waals surface area contributed by atoms with Crippen molar-refractivity contribution >= 4 is 46.0 Å². The summed E-state index contributed by atoms with van der Waals surface area (Å²) in [6, 6.07) is 8.56. The molecular weight excluding hydrogens is 384 g/mol. The third-order valence-electron chi connectivity index (χ3n) is 3.82. The summed E-state index contributed by atoms with van der Waals surface area (Å²) in [6.45, 7) is 5.73. The summed E-state index contributed by atoms with van der Waals surface area (Å²) >= 11 is 5.07. The fraction of sp³-hybridized carbons (Fsp3) is 0.562. The van der Waals surface area contributed by atoms with E-state index in [1.807, 2.05) is 37.9 Å². The molecule has 1 aliphatic heterocycles. The third-order valence-corrected chi connectivity index (χ3v) is 5.54. The molecule has 3 nitrogen and oxygen atoms in total. The summed E-state index contributed by atoms with van der Waals surface area (Å²) in [5, 5.41) is 3.29. The molecule has 1 aromatic carbocycles. The maximum Gasteiger partial charge on any atom is 0.238 e. The van der Waals surface area contributed by atoms with Crippen LogP contribution < -0.4 is 5.32 Å². The molecule has 0 aromatic heterocycles. The van der Waals surface area contributed by atoms with E-state index in [4.69, 9.17) is 0 Å². The zero-order chi connectivity index (χ0) is 15.5. The number of likely N-dealkylation sites (tertiary alicyclic amines) is 1. The van der Waals surface area contributed by atoms with Gasteiger partial charge in [-0.2, -0.15) is 0 Å². The Balaban J connectivity index is 0.00000242. The van der Waals surface area contributed by atoms with Crippen molar-refractivity contribution in [1.82, 2.24) is 10.2 Å². The van der Waals surface area contributed by atoms with Crippen LogP contribution in [0.15, 0.2) is 33.6 Å². The minimum absolute atomic E-state index is 0. The van der Waals surface area contributed by atoms with Gasteiger partial charge in [-0.3, -0.25) is 4.79 Å². The number of benzene rings is 1. The molecule has 1 atom stereocenters. The summed E-state index contributed by atoms with van der Waals surface area (Å²) in [4.78, 5) is 16.0. The zero-order valence-electron chi connectivity index (χ0n) is 13.3. The maximum atomic E-state index is 12.8. The Morgan fingerprint density at radius 3 is 2.59 bits per heavy atom. The number of piperidine rings is 1. The lowest BCUT2D eigenvalue weighted by molar-refractivity contribution is -0.134. The van der Waals surface area contributed by atoms with E-state index < -0.39 is 4.75 Å². The first-order valence-electron chi connectivity index (χ1n) is 7.33. The number of thioether (sulfide) groups is 1. The van der Waals surface area contributed by atoms with Crippen LogP contribution in [0.25, 0.3) is 0 Å². The van der Waals surface area contributed by atoms with Gasteiger partial charge in [0.05, 0.1) is 4.75 Å². The van der Waals surface area contributed by atoms with Crippen LogP contribution in [0.1, 0.15) is 26.7 Å². The molecular formula is C16H24BrClN2OS. The number of halogens is 2. The van der Waals surface area contributed by atoms with Crippen LogP contribution in [0.3, 0.4) is 0 Å². The Hall–Kier alpha value is -0.230. The molecule has 1 fully saturated rings. The molecule has 22 heavy (non-hydrogen) atoms. The molecule has 1 unspecified atom stereocenters. The number of hydrogen-bond donors (Lipinski definition) is 1. The van der Waals surface area contributed by atoms with E-state index in [1.165, 1.54) is 0 Å². The molecule has 1 amide bonds. The Bertz CT molecular complexity index is 495. The molecule has 1 N–H and O–H groups in total. The molecule has 124 valence electrons. The van der Waals surface area contributed by atoms with Crippen LogP contribution in [0.2, 0.25) is 0 Å². The fourth-order valence-electron chi connectivity index (χ4n) is 2.62. The predicted octanol–water partition coefficient (Wildman–Crippen LogP) is 3.95. The Labute approximate surface area is 152 Å². The van der Waals surface area contributed by atoms with E-state index in [0.29, 0.717) is 6.04 Å². The first kappa shape index (κ1) is 19.8. The molecule has 0 aliphatic carbocycles. The van der Waals surface area contributed by atoms with Crippen molar-refractivity contribution in [3.05, 3.63) is 28.7 Å². The van der Waals surface area contributed by atoms with Gasteiger partial charge in [0.1, 0.15) is 0 Å². The number of rotatable bonds is 4. The van der Waals surface area contributed by atoms with Gasteiger partial charge in [0.25, 0.3) is 0 Å². The van der Waals surface area contributed by atoms with E-state index in [-0.39, 0.29) is 18.3 Å². The molecule has 6 heteroatoms. The molecule has 1 aromatic rings. The average Bonchev–Trinajstić information content (AvgIpc) is 2.48. The minimum atomic E-state index is -0.441. The van der Waals surface area contributed by atoms with E-state index in [1.54, 1.807) is 11.8 Å². The average molecular weight is 408 g/mol. The molecule has 0 radical (unpaired) electrons. The number of likely N-dealkylation sites (N-methyl/N-ethyl adjacent to an activating group) is 1. The van der Waals surface area contributed by atoms with E-state index in [0.717, 1.165) is 35.3 Å². The molecule has 2 rings (SSSR count). The van der Waals surface area contributed by atoms with Gasteiger partial charge in [-0.05, 0) is 58.0 Å². The van der Waals surface area contributed by atoms with Crippen molar-refractivity contribution in [2.75, 3.05) is 20.1 Å². The SMILES string of the molecule is CNC1CCCN(C(=O)C(C)(C)Sc2ccc(Br)cc2)C1.Cl. The normalized spacial score (nSPS) is 18.7. The van der Waals surface area contributed by atoms with Crippen LogP contribution in [-0.2, 0) is 4.79 Å². The first-order chi connectivity index (χ1) is 9.92. The number of carbonyl (C=O) groups is 1. The number of hydrogen-bond acceptors (Lipinski definition) is 3. The Kier molecular flexibility index (Phi) is 7.72. The number of amides is 1. The number of carbonyl (C=O) groups excluding carboxylic acids is 1. The van der Waals surface area contributed by atoms with Crippen LogP contribution in [0, 0.1) is 0 Å². The molecule has 1 heterocycles. The highest BCUT2D eigenvalue weighted by Crippen LogP contribution is 2.35. The van der Waals surface area contributed by atoms with Crippen molar-refractivity contribution < 1.29 is 4.79 Å². The Morgan fingerprint density at radius 2 is 2.00 bits per heavy atom. The van der Waals surface area contributed by atoms with Crippen molar-refractivity contribution in [1.29, 1.82) is 0 Å². The largest absolute Gasteiger partial charge is 0.340 e. The summed E-state index contributed by atoms with van der Waals surface area (Å²) in [6.07, 6.45) is 2.23. The van der Waals surface area contributed by atoms with Crippen molar-refractivity contribution in [3.63, 3.8) is 0 Å². The highest BCUT2D eigenvalue weighted by atomic mass is 79.9. The first-order valence-corrected chi connectivity index (χ1v) is 8.94. The van der Waals surface area contributed by atoms with Gasteiger partial charge < -0.3 is 10.2 Å². The smallest absolute Gasteiger partial charge is 0.238 e. The van der Waals surface area contributed by atoms with Crippen LogP contribution >= 0.6 is 40.1 Å². The van der Waals surface area contributed by atoms with E-state index in [9.17, 15) is 4.79 Å². The number of nitrogens with zero attached hydrogens (tertiary/aromatic N) is 1. The minimum Gasteiger partial charge on any atom is -0.340 e. The van der Waals surface area contributed by atoms with Crippen molar-refractivity contribution in [3.8, 4) is 0 Å². The fourth-order valence-corrected chi connectivity index (χ4v) is 3.96. The quantitative estimate of drug-likeness (QED) is 0.767. The number of nitrogens with one attached hydrogen (secondary N) is 1.